The number of hydrogen-bond donors (Lipinski definition) is 3. The Morgan fingerprint density at radius 3 is 2.10 bits per heavy atom. The van der Waals surface area contributed by atoms with E-state index in [1.165, 1.54) is 0 Å². The van der Waals surface area contributed by atoms with E-state index in [1.807, 2.05) is 48.5 Å². The topological polar surface area (TPSA) is 96.9 Å². The maximum atomic E-state index is 12.7. The second-order valence-electron chi connectivity index (χ2n) is 7.97. The van der Waals surface area contributed by atoms with E-state index < -0.39 is 29.6 Å². The fraction of sp³-hybridized carbons (Fsp3) is 0.391. The number of nitrogens with one attached hydrogen (secondary N) is 2. The number of methoxy groups -OCH3 is 1. The van der Waals surface area contributed by atoms with Gasteiger partial charge in [0.1, 0.15) is 23.4 Å². The number of carbonyl (C=O) groups is 2. The van der Waals surface area contributed by atoms with Crippen LogP contribution in [0.15, 0.2) is 54.6 Å². The average molecular weight is 451 g/mol. The lowest BCUT2D eigenvalue weighted by molar-refractivity contribution is -0.158. The van der Waals surface area contributed by atoms with Gasteiger partial charge in [-0.05, 0) is 44.4 Å². The number of halogens is 1. The summed E-state index contributed by atoms with van der Waals surface area (Å²) in [6, 6.07) is 15.0. The molecule has 0 unspecified atom stereocenters. The minimum Gasteiger partial charge on any atom is -0.496 e. The Hall–Kier alpha value is -2.61. The van der Waals surface area contributed by atoms with Crippen molar-refractivity contribution in [2.75, 3.05) is 7.11 Å². The van der Waals surface area contributed by atoms with Crippen LogP contribution >= 0.6 is 12.4 Å². The maximum Gasteiger partial charge on any atom is 0.325 e. The molecule has 170 valence electrons. The van der Waals surface area contributed by atoms with Gasteiger partial charge in [-0.2, -0.15) is 0 Å². The monoisotopic (exact) mass is 450 g/mol. The maximum absolute atomic E-state index is 12.7. The van der Waals surface area contributed by atoms with Gasteiger partial charge in [0.2, 0.25) is 0 Å². The van der Waals surface area contributed by atoms with Crippen LogP contribution in [-0.4, -0.2) is 41.8 Å². The molecule has 0 heterocycles. The molecular weight excluding hydrogens is 420 g/mol. The Morgan fingerprint density at radius 2 is 1.52 bits per heavy atom. The lowest BCUT2D eigenvalue weighted by Gasteiger charge is -2.26. The standard InChI is InChI=1S/C23H30N2O5.ClH/c1-23(2,3)30-22(28)19(14-16-10-6-5-7-11-16)25-24-18(21(26)27)15-17-12-8-9-13-20(17)29-4;/h5-13,18-19,24-25H,14-15H2,1-4H3,(H,26,27);1H/t18-,19-;/m0./s1. The van der Waals surface area contributed by atoms with E-state index in [1.54, 1.807) is 33.9 Å². The highest BCUT2D eigenvalue weighted by Gasteiger charge is 2.27. The fourth-order valence-corrected chi connectivity index (χ4v) is 2.91. The van der Waals surface area contributed by atoms with Gasteiger partial charge >= 0.3 is 11.9 Å². The highest BCUT2D eigenvalue weighted by molar-refractivity contribution is 5.85. The minimum absolute atomic E-state index is 0. The fourth-order valence-electron chi connectivity index (χ4n) is 2.91. The summed E-state index contributed by atoms with van der Waals surface area (Å²) in [4.78, 5) is 24.5. The van der Waals surface area contributed by atoms with Crippen LogP contribution in [0.5, 0.6) is 5.75 Å². The van der Waals surface area contributed by atoms with Crippen LogP contribution in [-0.2, 0) is 27.2 Å². The molecule has 0 aliphatic rings. The molecule has 0 aliphatic carbocycles. The van der Waals surface area contributed by atoms with Gasteiger partial charge < -0.3 is 14.6 Å². The molecule has 0 bridgehead atoms. The number of carboxylic acid groups (broad SMARTS) is 1. The van der Waals surface area contributed by atoms with Gasteiger partial charge in [0.25, 0.3) is 0 Å². The van der Waals surface area contributed by atoms with Gasteiger partial charge in [-0.25, -0.2) is 10.9 Å². The first-order valence-electron chi connectivity index (χ1n) is 9.82. The average Bonchev–Trinajstić information content (AvgIpc) is 2.69. The molecular formula is C23H31ClN2O5. The van der Waals surface area contributed by atoms with Crippen molar-refractivity contribution in [1.29, 1.82) is 0 Å². The number of para-hydroxylation sites is 1. The van der Waals surface area contributed by atoms with Crippen LogP contribution < -0.4 is 15.6 Å². The summed E-state index contributed by atoms with van der Waals surface area (Å²) in [5.41, 5.74) is 6.71. The van der Waals surface area contributed by atoms with Crippen LogP contribution in [0, 0.1) is 0 Å². The quantitative estimate of drug-likeness (QED) is 0.378. The summed E-state index contributed by atoms with van der Waals surface area (Å²) in [5, 5.41) is 9.67. The van der Waals surface area contributed by atoms with Crippen LogP contribution in [0.4, 0.5) is 0 Å². The van der Waals surface area contributed by atoms with E-state index in [-0.39, 0.29) is 18.8 Å². The van der Waals surface area contributed by atoms with Crippen LogP contribution in [0.3, 0.4) is 0 Å². The van der Waals surface area contributed by atoms with Crippen molar-refractivity contribution in [2.24, 2.45) is 0 Å². The molecule has 2 atom stereocenters. The predicted octanol–water partition coefficient (Wildman–Crippen LogP) is 3.16. The van der Waals surface area contributed by atoms with E-state index in [0.717, 1.165) is 11.1 Å². The number of benzene rings is 2. The van der Waals surface area contributed by atoms with Gasteiger partial charge in [0.15, 0.2) is 0 Å². The van der Waals surface area contributed by atoms with Crippen molar-refractivity contribution in [3.63, 3.8) is 0 Å². The van der Waals surface area contributed by atoms with Gasteiger partial charge in [0.05, 0.1) is 7.11 Å². The zero-order valence-electron chi connectivity index (χ0n) is 18.3. The third-order valence-electron chi connectivity index (χ3n) is 4.32. The molecule has 0 saturated heterocycles. The molecule has 8 heteroatoms. The number of carboxylic acids is 1. The summed E-state index contributed by atoms with van der Waals surface area (Å²) in [6.07, 6.45) is 0.530. The first-order chi connectivity index (χ1) is 14.2. The number of hydrogen-bond acceptors (Lipinski definition) is 6. The first-order valence-corrected chi connectivity index (χ1v) is 9.82. The lowest BCUT2D eigenvalue weighted by atomic mass is 10.0. The van der Waals surface area contributed by atoms with E-state index in [0.29, 0.717) is 12.2 Å². The Balaban J connectivity index is 0.00000480. The Labute approximate surface area is 189 Å². The Morgan fingerprint density at radius 1 is 0.935 bits per heavy atom. The van der Waals surface area contributed by atoms with Gasteiger partial charge in [-0.3, -0.25) is 9.59 Å². The Bertz CT molecular complexity index is 839. The zero-order chi connectivity index (χ0) is 22.1. The van der Waals surface area contributed by atoms with E-state index in [2.05, 4.69) is 10.9 Å². The summed E-state index contributed by atoms with van der Waals surface area (Å²) >= 11 is 0. The highest BCUT2D eigenvalue weighted by atomic mass is 35.5. The van der Waals surface area contributed by atoms with Gasteiger partial charge in [0, 0.05) is 6.42 Å². The molecule has 7 nitrogen and oxygen atoms in total. The van der Waals surface area contributed by atoms with Crippen molar-refractivity contribution < 1.29 is 24.2 Å². The smallest absolute Gasteiger partial charge is 0.325 e. The number of carbonyl (C=O) groups excluding carboxylic acids is 1. The van der Waals surface area contributed by atoms with E-state index in [4.69, 9.17) is 9.47 Å². The Kier molecular flexibility index (Phi) is 10.5. The molecule has 2 aromatic rings. The molecule has 0 radical (unpaired) electrons. The molecule has 0 aromatic heterocycles. The summed E-state index contributed by atoms with van der Waals surface area (Å²) in [6.45, 7) is 5.37. The summed E-state index contributed by atoms with van der Waals surface area (Å²) in [7, 11) is 1.54. The third kappa shape index (κ3) is 8.96. The number of hydrazine groups is 1. The molecule has 0 spiro atoms. The molecule has 2 rings (SSSR count). The van der Waals surface area contributed by atoms with Crippen LogP contribution in [0.1, 0.15) is 31.9 Å². The first kappa shape index (κ1) is 26.4. The van der Waals surface area contributed by atoms with Crippen LogP contribution in [0.2, 0.25) is 0 Å². The van der Waals surface area contributed by atoms with Crippen molar-refractivity contribution in [2.45, 2.75) is 51.3 Å². The van der Waals surface area contributed by atoms with Crippen molar-refractivity contribution in [3.05, 3.63) is 65.7 Å². The van der Waals surface area contributed by atoms with Crippen LogP contribution in [0.25, 0.3) is 0 Å². The second-order valence-corrected chi connectivity index (χ2v) is 7.97. The second kappa shape index (κ2) is 12.3. The number of ether oxygens (including phenoxy) is 2. The SMILES string of the molecule is COc1ccccc1C[C@H](NN[C@@H](Cc1ccccc1)C(=O)OC(C)(C)C)C(=O)O.Cl. The lowest BCUT2D eigenvalue weighted by Crippen LogP contribution is -2.55. The minimum atomic E-state index is -1.05. The molecule has 2 aromatic carbocycles. The molecule has 31 heavy (non-hydrogen) atoms. The van der Waals surface area contributed by atoms with Crippen molar-refractivity contribution >= 4 is 24.3 Å². The van der Waals surface area contributed by atoms with Gasteiger partial charge in [-0.1, -0.05) is 48.5 Å². The highest BCUT2D eigenvalue weighted by Crippen LogP contribution is 2.19. The van der Waals surface area contributed by atoms with Gasteiger partial charge in [-0.15, -0.1) is 12.4 Å². The molecule has 0 aliphatic heterocycles. The molecule has 3 N–H and O–H groups in total. The largest absolute Gasteiger partial charge is 0.496 e. The number of esters is 1. The van der Waals surface area contributed by atoms with Crippen molar-refractivity contribution in [3.8, 4) is 5.75 Å². The van der Waals surface area contributed by atoms with E-state index >= 15 is 0 Å². The van der Waals surface area contributed by atoms with Crippen molar-refractivity contribution in [1.82, 2.24) is 10.9 Å². The summed E-state index contributed by atoms with van der Waals surface area (Å²) < 4.78 is 10.8. The molecule has 0 saturated carbocycles. The summed E-state index contributed by atoms with van der Waals surface area (Å²) in [5.74, 6) is -0.894. The zero-order valence-corrected chi connectivity index (χ0v) is 19.1. The molecule has 0 amide bonds. The van der Waals surface area contributed by atoms with E-state index in [9.17, 15) is 14.7 Å². The number of rotatable bonds is 10. The number of aliphatic carboxylic acids is 1. The normalized spacial score (nSPS) is 12.9. The predicted molar refractivity (Wildman–Crippen MR) is 121 cm³/mol. The molecule has 0 fully saturated rings. The third-order valence-corrected chi connectivity index (χ3v) is 4.32.